The first-order valence-electron chi connectivity index (χ1n) is 9.51. The van der Waals surface area contributed by atoms with Crippen LogP contribution in [0.25, 0.3) is 0 Å². The molecule has 0 saturated carbocycles. The lowest BCUT2D eigenvalue weighted by Crippen LogP contribution is -2.14. The van der Waals surface area contributed by atoms with Crippen LogP contribution in [0.15, 0.2) is 48.5 Å². The van der Waals surface area contributed by atoms with Gasteiger partial charge in [0.05, 0.1) is 5.69 Å². The largest absolute Gasteiger partial charge is 0.309 e. The maximum absolute atomic E-state index is 2.50. The third kappa shape index (κ3) is 2.82. The van der Waals surface area contributed by atoms with Gasteiger partial charge < -0.3 is 4.90 Å². The van der Waals surface area contributed by atoms with Gasteiger partial charge in [-0.25, -0.2) is 0 Å². The zero-order valence-electron chi connectivity index (χ0n) is 16.5. The van der Waals surface area contributed by atoms with E-state index in [1.54, 1.807) is 0 Å². The molecule has 0 aromatic heterocycles. The molecular weight excluding hydrogens is 314 g/mol. The van der Waals surface area contributed by atoms with Crippen LogP contribution < -0.4 is 4.90 Å². The lowest BCUT2D eigenvalue weighted by atomic mass is 10.0. The molecule has 1 nitrogen and oxygen atoms in total. The lowest BCUT2D eigenvalue weighted by Gasteiger charge is -2.30. The minimum Gasteiger partial charge on any atom is -0.309 e. The van der Waals surface area contributed by atoms with Crippen LogP contribution in [0.4, 0.5) is 17.1 Å². The summed E-state index contributed by atoms with van der Waals surface area (Å²) in [5.74, 6) is 0. The van der Waals surface area contributed by atoms with E-state index in [1.165, 1.54) is 56.0 Å². The normalized spacial score (nSPS) is 13.2. The van der Waals surface area contributed by atoms with Crippen LogP contribution in [0, 0.1) is 34.6 Å². The fraction of sp³-hybridized carbons (Fsp3) is 0.280. The Bertz CT molecular complexity index is 921. The van der Waals surface area contributed by atoms with Crippen LogP contribution in [0.5, 0.6) is 0 Å². The van der Waals surface area contributed by atoms with Crippen molar-refractivity contribution >= 4 is 17.1 Å². The number of benzene rings is 3. The highest BCUT2D eigenvalue weighted by Crippen LogP contribution is 2.44. The highest BCUT2D eigenvalue weighted by atomic mass is 15.2. The lowest BCUT2D eigenvalue weighted by molar-refractivity contribution is 0.973. The predicted molar refractivity (Wildman–Crippen MR) is 112 cm³/mol. The van der Waals surface area contributed by atoms with Crippen molar-refractivity contribution in [1.29, 1.82) is 0 Å². The van der Waals surface area contributed by atoms with E-state index >= 15 is 0 Å². The molecule has 0 aliphatic carbocycles. The summed E-state index contributed by atoms with van der Waals surface area (Å²) in [5.41, 5.74) is 13.5. The van der Waals surface area contributed by atoms with Crippen molar-refractivity contribution in [2.45, 2.75) is 47.5 Å². The van der Waals surface area contributed by atoms with Gasteiger partial charge in [-0.2, -0.15) is 0 Å². The first-order chi connectivity index (χ1) is 12.4. The number of nitrogens with zero attached hydrogens (tertiary/aromatic N) is 1. The minimum atomic E-state index is 1.09. The monoisotopic (exact) mass is 341 g/mol. The minimum absolute atomic E-state index is 1.09. The average Bonchev–Trinajstić information content (AvgIpc) is 2.71. The van der Waals surface area contributed by atoms with Crippen LogP contribution in [0.3, 0.4) is 0 Å². The summed E-state index contributed by atoms with van der Waals surface area (Å²) in [6.45, 7) is 11.0. The van der Waals surface area contributed by atoms with E-state index < -0.39 is 0 Å². The van der Waals surface area contributed by atoms with Gasteiger partial charge >= 0.3 is 0 Å². The van der Waals surface area contributed by atoms with E-state index in [0.717, 1.165) is 12.8 Å². The molecule has 0 bridgehead atoms. The van der Waals surface area contributed by atoms with Crippen molar-refractivity contribution in [1.82, 2.24) is 0 Å². The Balaban J connectivity index is 2.04. The molecule has 0 amide bonds. The van der Waals surface area contributed by atoms with Crippen LogP contribution in [-0.2, 0) is 12.8 Å². The number of rotatable bonds is 1. The van der Waals surface area contributed by atoms with Gasteiger partial charge in [-0.05, 0) is 81.8 Å². The second-order valence-corrected chi connectivity index (χ2v) is 7.85. The summed E-state index contributed by atoms with van der Waals surface area (Å²) in [6.07, 6.45) is 2.18. The van der Waals surface area contributed by atoms with Gasteiger partial charge in [0.15, 0.2) is 0 Å². The fourth-order valence-electron chi connectivity index (χ4n) is 4.43. The first-order valence-corrected chi connectivity index (χ1v) is 9.51. The maximum atomic E-state index is 2.50. The Morgan fingerprint density at radius 1 is 0.577 bits per heavy atom. The molecule has 0 N–H and O–H groups in total. The molecule has 1 heterocycles. The summed E-state index contributed by atoms with van der Waals surface area (Å²) < 4.78 is 0. The summed E-state index contributed by atoms with van der Waals surface area (Å²) in [4.78, 5) is 2.50. The van der Waals surface area contributed by atoms with Crippen LogP contribution in [0.1, 0.15) is 38.9 Å². The van der Waals surface area contributed by atoms with Crippen molar-refractivity contribution in [3.8, 4) is 0 Å². The Morgan fingerprint density at radius 3 is 1.50 bits per heavy atom. The van der Waals surface area contributed by atoms with Crippen molar-refractivity contribution in [3.63, 3.8) is 0 Å². The number of hydrogen-bond acceptors (Lipinski definition) is 1. The molecule has 0 atom stereocenters. The van der Waals surface area contributed by atoms with E-state index in [-0.39, 0.29) is 0 Å². The standard InChI is InChI=1S/C25H27N/c1-16-6-10-23-21(14-16)8-9-22-15-17(2)7-11-24(22)26(23)25-19(4)12-18(3)13-20(25)5/h6-7,10-15H,8-9H2,1-5H3. The number of hydrogen-bond donors (Lipinski definition) is 0. The van der Waals surface area contributed by atoms with Gasteiger partial charge in [0.25, 0.3) is 0 Å². The molecule has 26 heavy (non-hydrogen) atoms. The Kier molecular flexibility index (Phi) is 4.11. The molecule has 1 aliphatic heterocycles. The van der Waals surface area contributed by atoms with Gasteiger partial charge in [-0.3, -0.25) is 0 Å². The molecule has 4 rings (SSSR count). The quantitative estimate of drug-likeness (QED) is 0.470. The molecule has 0 radical (unpaired) electrons. The SMILES string of the molecule is Cc1cc(C)c(N2c3ccc(C)cc3CCc3cc(C)ccc32)c(C)c1. The number of aryl methyl sites for hydroxylation is 7. The number of anilines is 3. The summed E-state index contributed by atoms with van der Waals surface area (Å²) in [6, 6.07) is 18.4. The van der Waals surface area contributed by atoms with Gasteiger partial charge in [0.1, 0.15) is 0 Å². The molecule has 1 aliphatic rings. The Hall–Kier alpha value is -2.54. The van der Waals surface area contributed by atoms with E-state index in [9.17, 15) is 0 Å². The molecule has 3 aromatic rings. The summed E-state index contributed by atoms with van der Waals surface area (Å²) >= 11 is 0. The van der Waals surface area contributed by atoms with Crippen molar-refractivity contribution in [3.05, 3.63) is 87.5 Å². The molecule has 0 saturated heterocycles. The highest BCUT2D eigenvalue weighted by molar-refractivity contribution is 5.84. The van der Waals surface area contributed by atoms with Gasteiger partial charge in [0, 0.05) is 11.4 Å². The third-order valence-electron chi connectivity index (χ3n) is 5.47. The summed E-state index contributed by atoms with van der Waals surface area (Å²) in [7, 11) is 0. The fourth-order valence-corrected chi connectivity index (χ4v) is 4.43. The Labute approximate surface area is 157 Å². The number of fused-ring (bicyclic) bond motifs is 2. The average molecular weight is 341 g/mol. The molecular formula is C25H27N. The Morgan fingerprint density at radius 2 is 1.04 bits per heavy atom. The van der Waals surface area contributed by atoms with Crippen LogP contribution in [0.2, 0.25) is 0 Å². The predicted octanol–water partition coefficient (Wildman–Crippen LogP) is 6.80. The molecule has 1 heteroatoms. The smallest absolute Gasteiger partial charge is 0.0520 e. The van der Waals surface area contributed by atoms with Gasteiger partial charge in [0.2, 0.25) is 0 Å². The second-order valence-electron chi connectivity index (χ2n) is 7.85. The van der Waals surface area contributed by atoms with Gasteiger partial charge in [-0.1, -0.05) is 53.1 Å². The molecule has 0 spiro atoms. The maximum Gasteiger partial charge on any atom is 0.0520 e. The topological polar surface area (TPSA) is 3.24 Å². The van der Waals surface area contributed by atoms with Crippen molar-refractivity contribution in [2.24, 2.45) is 0 Å². The molecule has 3 aromatic carbocycles. The van der Waals surface area contributed by atoms with Crippen LogP contribution in [-0.4, -0.2) is 0 Å². The zero-order valence-corrected chi connectivity index (χ0v) is 16.5. The second kappa shape index (κ2) is 6.32. The third-order valence-corrected chi connectivity index (χ3v) is 5.47. The molecule has 0 fully saturated rings. The van der Waals surface area contributed by atoms with Gasteiger partial charge in [-0.15, -0.1) is 0 Å². The molecule has 0 unspecified atom stereocenters. The van der Waals surface area contributed by atoms with E-state index in [2.05, 4.69) is 88.0 Å². The first kappa shape index (κ1) is 16.9. The highest BCUT2D eigenvalue weighted by Gasteiger charge is 2.24. The van der Waals surface area contributed by atoms with Crippen molar-refractivity contribution < 1.29 is 0 Å². The van der Waals surface area contributed by atoms with Crippen molar-refractivity contribution in [2.75, 3.05) is 4.90 Å². The van der Waals surface area contributed by atoms with E-state index in [1.807, 2.05) is 0 Å². The summed E-state index contributed by atoms with van der Waals surface area (Å²) in [5, 5.41) is 0. The zero-order chi connectivity index (χ0) is 18.4. The molecule has 132 valence electrons. The van der Waals surface area contributed by atoms with E-state index in [4.69, 9.17) is 0 Å². The van der Waals surface area contributed by atoms with E-state index in [0.29, 0.717) is 0 Å². The van der Waals surface area contributed by atoms with Crippen LogP contribution >= 0.6 is 0 Å².